The number of sulfonamides is 1. The molecule has 0 saturated heterocycles. The average molecular weight is 369 g/mol. The molecule has 0 amide bonds. The molecule has 1 aliphatic rings. The Labute approximate surface area is 125 Å². The van der Waals surface area contributed by atoms with Crippen LogP contribution in [0.3, 0.4) is 0 Å². The maximum absolute atomic E-state index is 13.6. The van der Waals surface area contributed by atoms with E-state index in [1.54, 1.807) is 0 Å². The van der Waals surface area contributed by atoms with Crippen LogP contribution in [0.15, 0.2) is 16.6 Å². The van der Waals surface area contributed by atoms with E-state index < -0.39 is 26.9 Å². The number of hydrogen-bond acceptors (Lipinski definition) is 3. The Bertz CT molecular complexity index is 606. The van der Waals surface area contributed by atoms with Crippen LogP contribution in [0.1, 0.15) is 19.8 Å². The van der Waals surface area contributed by atoms with Gasteiger partial charge in [0.15, 0.2) is 0 Å². The molecule has 2 N–H and O–H groups in total. The Morgan fingerprint density at radius 1 is 1.35 bits per heavy atom. The maximum atomic E-state index is 13.6. The number of anilines is 1. The Morgan fingerprint density at radius 2 is 2.00 bits per heavy atom. The number of hydrogen-bond donors (Lipinski definition) is 2. The van der Waals surface area contributed by atoms with Crippen molar-refractivity contribution in [3.63, 3.8) is 0 Å². The zero-order chi connectivity index (χ0) is 14.9. The number of rotatable bonds is 6. The number of nitrogens with one attached hydrogen (secondary N) is 2. The summed E-state index contributed by atoms with van der Waals surface area (Å²) < 4.78 is 53.0. The second kappa shape index (κ2) is 5.95. The van der Waals surface area contributed by atoms with Crippen LogP contribution in [-0.2, 0) is 10.0 Å². The van der Waals surface area contributed by atoms with E-state index in [1.165, 1.54) is 6.92 Å². The SMILES string of the molecule is CC(CNC1CC1)S(=O)(=O)Nc1cc(F)c(Br)cc1F. The molecule has 20 heavy (non-hydrogen) atoms. The molecule has 1 atom stereocenters. The summed E-state index contributed by atoms with van der Waals surface area (Å²) in [6, 6.07) is 2.09. The summed E-state index contributed by atoms with van der Waals surface area (Å²) in [4.78, 5) is 0. The summed E-state index contributed by atoms with van der Waals surface area (Å²) in [5.74, 6) is -1.56. The first-order valence-corrected chi connectivity index (χ1v) is 8.53. The van der Waals surface area contributed by atoms with Gasteiger partial charge in [-0.15, -0.1) is 0 Å². The van der Waals surface area contributed by atoms with Gasteiger partial charge in [0.25, 0.3) is 0 Å². The van der Waals surface area contributed by atoms with E-state index in [-0.39, 0.29) is 16.7 Å². The van der Waals surface area contributed by atoms with E-state index in [1.807, 2.05) is 0 Å². The second-order valence-corrected chi connectivity index (χ2v) is 7.84. The Hall–Kier alpha value is -0.730. The van der Waals surface area contributed by atoms with Crippen molar-refractivity contribution < 1.29 is 17.2 Å². The molecule has 1 aliphatic carbocycles. The van der Waals surface area contributed by atoms with Crippen molar-refractivity contribution in [1.29, 1.82) is 0 Å². The lowest BCUT2D eigenvalue weighted by Crippen LogP contribution is -2.35. The first kappa shape index (κ1) is 15.7. The number of benzene rings is 1. The highest BCUT2D eigenvalue weighted by Crippen LogP contribution is 2.25. The fourth-order valence-corrected chi connectivity index (χ4v) is 2.88. The van der Waals surface area contributed by atoms with Crippen molar-refractivity contribution in [3.05, 3.63) is 28.2 Å². The minimum atomic E-state index is -3.77. The largest absolute Gasteiger partial charge is 0.313 e. The van der Waals surface area contributed by atoms with Crippen LogP contribution in [0.5, 0.6) is 0 Å². The third-order valence-electron chi connectivity index (χ3n) is 3.06. The first-order valence-electron chi connectivity index (χ1n) is 6.19. The van der Waals surface area contributed by atoms with E-state index in [2.05, 4.69) is 26.0 Å². The summed E-state index contributed by atoms with van der Waals surface area (Å²) >= 11 is 2.83. The molecule has 1 aromatic carbocycles. The zero-order valence-electron chi connectivity index (χ0n) is 10.8. The van der Waals surface area contributed by atoms with E-state index in [9.17, 15) is 17.2 Å². The van der Waals surface area contributed by atoms with Crippen LogP contribution in [0, 0.1) is 11.6 Å². The smallest absolute Gasteiger partial charge is 0.236 e. The number of halogens is 3. The molecular weight excluding hydrogens is 354 g/mol. The van der Waals surface area contributed by atoms with Gasteiger partial charge < -0.3 is 5.32 Å². The maximum Gasteiger partial charge on any atom is 0.236 e. The van der Waals surface area contributed by atoms with Crippen molar-refractivity contribution in [2.24, 2.45) is 0 Å². The zero-order valence-corrected chi connectivity index (χ0v) is 13.2. The molecule has 1 unspecified atom stereocenters. The first-order chi connectivity index (χ1) is 9.29. The molecule has 1 saturated carbocycles. The van der Waals surface area contributed by atoms with Crippen LogP contribution in [0.2, 0.25) is 0 Å². The van der Waals surface area contributed by atoms with Crippen molar-refractivity contribution in [1.82, 2.24) is 5.32 Å². The van der Waals surface area contributed by atoms with E-state index in [4.69, 9.17) is 0 Å². The Balaban J connectivity index is 2.08. The van der Waals surface area contributed by atoms with Crippen molar-refractivity contribution >= 4 is 31.6 Å². The van der Waals surface area contributed by atoms with Gasteiger partial charge in [0, 0.05) is 18.7 Å². The third kappa shape index (κ3) is 3.89. The molecule has 112 valence electrons. The van der Waals surface area contributed by atoms with Crippen LogP contribution in [0.25, 0.3) is 0 Å². The molecular formula is C12H15BrF2N2O2S. The Morgan fingerprint density at radius 3 is 2.60 bits per heavy atom. The lowest BCUT2D eigenvalue weighted by Gasteiger charge is -2.16. The quantitative estimate of drug-likeness (QED) is 0.758. The van der Waals surface area contributed by atoms with Crippen molar-refractivity contribution in [3.8, 4) is 0 Å². The normalized spacial score (nSPS) is 17.0. The van der Waals surface area contributed by atoms with Crippen molar-refractivity contribution in [2.75, 3.05) is 11.3 Å². The third-order valence-corrected chi connectivity index (χ3v) is 5.40. The summed E-state index contributed by atoms with van der Waals surface area (Å²) in [5, 5.41) is 2.35. The molecule has 0 aromatic heterocycles. The minimum Gasteiger partial charge on any atom is -0.313 e. The summed E-state index contributed by atoms with van der Waals surface area (Å²) in [5.41, 5.74) is -0.385. The van der Waals surface area contributed by atoms with Crippen LogP contribution >= 0.6 is 15.9 Å². The molecule has 0 spiro atoms. The highest BCUT2D eigenvalue weighted by Gasteiger charge is 2.26. The fourth-order valence-electron chi connectivity index (χ4n) is 1.58. The topological polar surface area (TPSA) is 58.2 Å². The van der Waals surface area contributed by atoms with Gasteiger partial charge in [-0.1, -0.05) is 0 Å². The molecule has 2 rings (SSSR count). The van der Waals surface area contributed by atoms with Gasteiger partial charge >= 0.3 is 0 Å². The van der Waals surface area contributed by atoms with Gasteiger partial charge in [-0.2, -0.15) is 0 Å². The van der Waals surface area contributed by atoms with E-state index in [0.717, 1.165) is 25.0 Å². The summed E-state index contributed by atoms with van der Waals surface area (Å²) in [7, 11) is -3.77. The molecule has 0 aliphatic heterocycles. The summed E-state index contributed by atoms with van der Waals surface area (Å²) in [6.07, 6.45) is 2.10. The molecule has 4 nitrogen and oxygen atoms in total. The lowest BCUT2D eigenvalue weighted by molar-refractivity contribution is 0.573. The predicted molar refractivity (Wildman–Crippen MR) is 77.1 cm³/mol. The van der Waals surface area contributed by atoms with Gasteiger partial charge in [0.2, 0.25) is 10.0 Å². The van der Waals surface area contributed by atoms with Gasteiger partial charge in [-0.25, -0.2) is 17.2 Å². The highest BCUT2D eigenvalue weighted by atomic mass is 79.9. The molecule has 8 heteroatoms. The molecule has 1 fully saturated rings. The monoisotopic (exact) mass is 368 g/mol. The standard InChI is InChI=1S/C12H15BrF2N2O2S/c1-7(6-16-8-2-3-8)20(18,19)17-12-5-10(14)9(13)4-11(12)15/h4-5,7-8,16-17H,2-3,6H2,1H3. The lowest BCUT2D eigenvalue weighted by atomic mass is 10.3. The van der Waals surface area contributed by atoms with Crippen LogP contribution in [-0.4, -0.2) is 26.3 Å². The van der Waals surface area contributed by atoms with Gasteiger partial charge in [-0.3, -0.25) is 4.72 Å². The molecule has 1 aromatic rings. The average Bonchev–Trinajstić information content (AvgIpc) is 3.16. The molecule has 0 bridgehead atoms. The van der Waals surface area contributed by atoms with Crippen LogP contribution in [0.4, 0.5) is 14.5 Å². The Kier molecular flexibility index (Phi) is 4.66. The van der Waals surface area contributed by atoms with Crippen molar-refractivity contribution in [2.45, 2.75) is 31.1 Å². The van der Waals surface area contributed by atoms with Crippen LogP contribution < -0.4 is 10.0 Å². The fraction of sp³-hybridized carbons (Fsp3) is 0.500. The minimum absolute atomic E-state index is 0.0543. The van der Waals surface area contributed by atoms with Gasteiger partial charge in [0.1, 0.15) is 11.6 Å². The van der Waals surface area contributed by atoms with Gasteiger partial charge in [-0.05, 0) is 41.8 Å². The van der Waals surface area contributed by atoms with E-state index in [0.29, 0.717) is 6.04 Å². The predicted octanol–water partition coefficient (Wildman–Crippen LogP) is 2.61. The molecule has 0 heterocycles. The second-order valence-electron chi connectivity index (χ2n) is 4.89. The van der Waals surface area contributed by atoms with Gasteiger partial charge in [0.05, 0.1) is 15.4 Å². The summed E-state index contributed by atoms with van der Waals surface area (Å²) in [6.45, 7) is 1.80. The molecule has 0 radical (unpaired) electrons. The highest BCUT2D eigenvalue weighted by molar-refractivity contribution is 9.10. The van der Waals surface area contributed by atoms with E-state index >= 15 is 0 Å².